The van der Waals surface area contributed by atoms with Crippen molar-refractivity contribution in [3.05, 3.63) is 0 Å². The molecule has 0 radical (unpaired) electrons. The van der Waals surface area contributed by atoms with E-state index < -0.39 is 7.60 Å². The summed E-state index contributed by atoms with van der Waals surface area (Å²) in [5.41, 5.74) is 0. The van der Waals surface area contributed by atoms with Gasteiger partial charge in [0.2, 0.25) is 0 Å². The molecular weight excluding hydrogens is 437 g/mol. The number of likely N-dealkylation sites (N-methyl/N-ethyl adjacent to an activating group) is 1. The summed E-state index contributed by atoms with van der Waals surface area (Å²) < 4.78 is 29.3. The van der Waals surface area contributed by atoms with E-state index in [4.69, 9.17) is 14.0 Å². The summed E-state index contributed by atoms with van der Waals surface area (Å²) in [6.45, 7) is 4.45. The maximum Gasteiger partial charge on any atom is 0.328 e. The van der Waals surface area contributed by atoms with E-state index in [1.54, 1.807) is 7.11 Å². The van der Waals surface area contributed by atoms with Crippen LogP contribution in [0.15, 0.2) is 0 Å². The fraction of sp³-hybridized carbons (Fsp3) is 1.00. The third-order valence-corrected chi connectivity index (χ3v) is 7.48. The Morgan fingerprint density at radius 2 is 1.27 bits per heavy atom. The Morgan fingerprint density at radius 1 is 0.788 bits per heavy atom. The Labute approximate surface area is 205 Å². The third-order valence-electron chi connectivity index (χ3n) is 6.07. The molecule has 1 unspecified atom stereocenters. The van der Waals surface area contributed by atoms with Crippen LogP contribution >= 0.6 is 7.60 Å². The number of quaternary nitrogens is 1. The molecule has 0 heterocycles. The smallest absolute Gasteiger partial charge is 0.328 e. The highest BCUT2D eigenvalue weighted by molar-refractivity contribution is 7.52. The number of hydrogen-bond donors (Lipinski definition) is 1. The second-order valence-electron chi connectivity index (χ2n) is 10.5. The summed E-state index contributed by atoms with van der Waals surface area (Å²) in [5, 5.41) is 0. The van der Waals surface area contributed by atoms with Crippen molar-refractivity contribution in [2.45, 2.75) is 109 Å². The molecule has 2 atom stereocenters. The van der Waals surface area contributed by atoms with Crippen LogP contribution in [0.2, 0.25) is 0 Å². The fourth-order valence-corrected chi connectivity index (χ4v) is 4.82. The summed E-state index contributed by atoms with van der Waals surface area (Å²) in [5.74, 6) is 0. The molecule has 6 nitrogen and oxygen atoms in total. The van der Waals surface area contributed by atoms with Crippen molar-refractivity contribution < 1.29 is 27.9 Å². The van der Waals surface area contributed by atoms with Crippen molar-refractivity contribution in [1.82, 2.24) is 0 Å². The van der Waals surface area contributed by atoms with Crippen LogP contribution < -0.4 is 0 Å². The van der Waals surface area contributed by atoms with Gasteiger partial charge in [-0.25, -0.2) is 0 Å². The van der Waals surface area contributed by atoms with Gasteiger partial charge in [-0.05, 0) is 12.8 Å². The van der Waals surface area contributed by atoms with Gasteiger partial charge in [0.1, 0.15) is 13.2 Å². The zero-order valence-electron chi connectivity index (χ0n) is 22.7. The van der Waals surface area contributed by atoms with Gasteiger partial charge in [0, 0.05) is 13.7 Å². The Hall–Kier alpha value is 0.0300. The van der Waals surface area contributed by atoms with Gasteiger partial charge in [0.05, 0.1) is 40.0 Å². The molecule has 0 aromatic carbocycles. The summed E-state index contributed by atoms with van der Waals surface area (Å²) in [7, 11) is 4.15. The highest BCUT2D eigenvalue weighted by Crippen LogP contribution is 2.42. The summed E-state index contributed by atoms with van der Waals surface area (Å²) in [6, 6.07) is 0. The van der Waals surface area contributed by atoms with Gasteiger partial charge in [-0.2, -0.15) is 0 Å². The standard InChI is InChI=1S/C26H56NO5P/c1-6-7-8-9-10-11-12-13-14-15-16-17-18-19-22-31-25-26(30-5)20-24-33(28,29)32-23-21-27(2,3)4/h26H,6-25H2,1-5H3/p+1/t26-/m0/s1. The van der Waals surface area contributed by atoms with Crippen molar-refractivity contribution in [2.24, 2.45) is 0 Å². The number of nitrogens with zero attached hydrogens (tertiary/aromatic N) is 1. The number of unbranched alkanes of at least 4 members (excludes halogenated alkanes) is 13. The van der Waals surface area contributed by atoms with Gasteiger partial charge in [0.15, 0.2) is 0 Å². The number of methoxy groups -OCH3 is 1. The van der Waals surface area contributed by atoms with Crippen molar-refractivity contribution in [1.29, 1.82) is 0 Å². The average molecular weight is 495 g/mol. The van der Waals surface area contributed by atoms with Gasteiger partial charge in [-0.1, -0.05) is 90.4 Å². The maximum absolute atomic E-state index is 12.2. The SMILES string of the molecule is CCCCCCCCCCCCCCCCOC[C@H](CCP(=O)(O)OCC[N+](C)(C)C)OC. The molecule has 0 saturated heterocycles. The van der Waals surface area contributed by atoms with Crippen LogP contribution in [-0.4, -0.2) is 76.3 Å². The molecule has 0 aliphatic heterocycles. The summed E-state index contributed by atoms with van der Waals surface area (Å²) >= 11 is 0. The van der Waals surface area contributed by atoms with Crippen molar-refractivity contribution >= 4 is 7.60 Å². The molecule has 0 aliphatic rings. The maximum atomic E-state index is 12.2. The molecule has 0 amide bonds. The quantitative estimate of drug-likeness (QED) is 0.0859. The van der Waals surface area contributed by atoms with E-state index in [0.717, 1.165) is 13.0 Å². The topological polar surface area (TPSA) is 65.0 Å². The molecule has 0 aromatic rings. The highest BCUT2D eigenvalue weighted by atomic mass is 31.2. The minimum absolute atomic E-state index is 0.102. The van der Waals surface area contributed by atoms with E-state index in [-0.39, 0.29) is 18.9 Å². The second kappa shape index (κ2) is 21.3. The molecule has 1 N–H and O–H groups in total. The second-order valence-corrected chi connectivity index (χ2v) is 12.5. The van der Waals surface area contributed by atoms with Crippen LogP contribution in [0.1, 0.15) is 103 Å². The Bertz CT molecular complexity index is 470. The van der Waals surface area contributed by atoms with Crippen LogP contribution in [-0.2, 0) is 18.6 Å². The zero-order valence-corrected chi connectivity index (χ0v) is 23.6. The highest BCUT2D eigenvalue weighted by Gasteiger charge is 2.23. The lowest BCUT2D eigenvalue weighted by atomic mass is 10.0. The van der Waals surface area contributed by atoms with Crippen molar-refractivity contribution in [2.75, 3.05) is 60.8 Å². The monoisotopic (exact) mass is 494 g/mol. The van der Waals surface area contributed by atoms with Gasteiger partial charge in [-0.3, -0.25) is 4.57 Å². The third kappa shape index (κ3) is 24.9. The van der Waals surface area contributed by atoms with Crippen LogP contribution in [0, 0.1) is 0 Å². The first-order chi connectivity index (χ1) is 15.7. The first-order valence-electron chi connectivity index (χ1n) is 13.6. The molecule has 0 rings (SSSR count). The van der Waals surface area contributed by atoms with E-state index in [1.807, 2.05) is 21.1 Å². The van der Waals surface area contributed by atoms with E-state index in [9.17, 15) is 9.46 Å². The summed E-state index contributed by atoms with van der Waals surface area (Å²) in [4.78, 5) is 10.00. The Morgan fingerprint density at radius 3 is 1.73 bits per heavy atom. The van der Waals surface area contributed by atoms with Gasteiger partial charge in [-0.15, -0.1) is 0 Å². The van der Waals surface area contributed by atoms with Crippen LogP contribution in [0.5, 0.6) is 0 Å². The molecule has 0 aliphatic carbocycles. The van der Waals surface area contributed by atoms with Crippen LogP contribution in [0.3, 0.4) is 0 Å². The lowest BCUT2D eigenvalue weighted by Gasteiger charge is -2.24. The van der Waals surface area contributed by atoms with Crippen LogP contribution in [0.4, 0.5) is 0 Å². The molecule has 0 aromatic heterocycles. The molecule has 0 fully saturated rings. The minimum Gasteiger partial charge on any atom is -0.379 e. The lowest BCUT2D eigenvalue weighted by Crippen LogP contribution is -2.37. The Kier molecular flexibility index (Phi) is 21.3. The van der Waals surface area contributed by atoms with E-state index in [0.29, 0.717) is 24.1 Å². The van der Waals surface area contributed by atoms with E-state index in [1.165, 1.54) is 83.5 Å². The summed E-state index contributed by atoms with van der Waals surface area (Å²) in [6.07, 6.45) is 19.3. The predicted octanol–water partition coefficient (Wildman–Crippen LogP) is 6.80. The van der Waals surface area contributed by atoms with Crippen molar-refractivity contribution in [3.63, 3.8) is 0 Å². The van der Waals surface area contributed by atoms with Gasteiger partial charge < -0.3 is 23.4 Å². The minimum atomic E-state index is -3.57. The van der Waals surface area contributed by atoms with Gasteiger partial charge in [0.25, 0.3) is 0 Å². The first kappa shape index (κ1) is 33.0. The number of rotatable bonds is 25. The van der Waals surface area contributed by atoms with Crippen LogP contribution in [0.25, 0.3) is 0 Å². The largest absolute Gasteiger partial charge is 0.379 e. The molecular formula is C26H57NO5P+. The number of hydrogen-bond acceptors (Lipinski definition) is 4. The molecule has 0 spiro atoms. The van der Waals surface area contributed by atoms with E-state index >= 15 is 0 Å². The normalized spacial score (nSPS) is 15.0. The molecule has 200 valence electrons. The van der Waals surface area contributed by atoms with Crippen molar-refractivity contribution in [3.8, 4) is 0 Å². The van der Waals surface area contributed by atoms with E-state index in [2.05, 4.69) is 6.92 Å². The molecule has 0 bridgehead atoms. The molecule has 0 saturated carbocycles. The molecule has 7 heteroatoms. The fourth-order valence-electron chi connectivity index (χ4n) is 3.71. The first-order valence-corrected chi connectivity index (χ1v) is 15.3. The van der Waals surface area contributed by atoms with Gasteiger partial charge >= 0.3 is 7.60 Å². The number of ether oxygens (including phenoxy) is 2. The predicted molar refractivity (Wildman–Crippen MR) is 140 cm³/mol. The Balaban J connectivity index is 3.53. The molecule has 33 heavy (non-hydrogen) atoms. The zero-order chi connectivity index (χ0) is 24.8. The average Bonchev–Trinajstić information content (AvgIpc) is 2.74. The lowest BCUT2D eigenvalue weighted by molar-refractivity contribution is -0.870.